The fourth-order valence-corrected chi connectivity index (χ4v) is 3.07. The van der Waals surface area contributed by atoms with Crippen molar-refractivity contribution in [3.63, 3.8) is 0 Å². The lowest BCUT2D eigenvalue weighted by Gasteiger charge is -2.09. The van der Waals surface area contributed by atoms with E-state index in [1.807, 2.05) is 32.9 Å². The molecular weight excluding hydrogens is 302 g/mol. The van der Waals surface area contributed by atoms with Gasteiger partial charge in [-0.2, -0.15) is 0 Å². The first kappa shape index (κ1) is 16.3. The largest absolute Gasteiger partial charge is 0.313 e. The van der Waals surface area contributed by atoms with Crippen molar-refractivity contribution in [2.75, 3.05) is 6.54 Å². The molecule has 1 aromatic heterocycles. The molecule has 0 saturated carbocycles. The van der Waals surface area contributed by atoms with Crippen molar-refractivity contribution >= 4 is 23.4 Å². The monoisotopic (exact) mass is 321 g/mol. The van der Waals surface area contributed by atoms with Crippen LogP contribution in [0.5, 0.6) is 0 Å². The molecule has 0 aliphatic rings. The van der Waals surface area contributed by atoms with Crippen LogP contribution in [0.3, 0.4) is 0 Å². The zero-order chi connectivity index (χ0) is 15.4. The van der Waals surface area contributed by atoms with E-state index in [9.17, 15) is 0 Å². The highest BCUT2D eigenvalue weighted by Gasteiger charge is 2.09. The summed E-state index contributed by atoms with van der Waals surface area (Å²) in [6.07, 6.45) is 0. The quantitative estimate of drug-likeness (QED) is 0.832. The molecule has 2 aromatic rings. The summed E-state index contributed by atoms with van der Waals surface area (Å²) in [6.45, 7) is 9.93. The minimum absolute atomic E-state index is 0.745. The molecule has 0 bridgehead atoms. The highest BCUT2D eigenvalue weighted by atomic mass is 35.5. The summed E-state index contributed by atoms with van der Waals surface area (Å²) in [5.74, 6) is 0. The number of nitrogens with one attached hydrogen (secondary N) is 1. The Balaban J connectivity index is 2.20. The zero-order valence-electron chi connectivity index (χ0n) is 12.8. The van der Waals surface area contributed by atoms with Crippen molar-refractivity contribution < 1.29 is 0 Å². The van der Waals surface area contributed by atoms with Gasteiger partial charge >= 0.3 is 0 Å². The van der Waals surface area contributed by atoms with Crippen LogP contribution in [0.2, 0.25) is 5.02 Å². The SMILES string of the molecule is CCNCc1ccc(Sc2nc(C)c(C)c(C)n2)c(Cl)c1. The first-order valence-electron chi connectivity index (χ1n) is 7.00. The van der Waals surface area contributed by atoms with E-state index in [-0.39, 0.29) is 0 Å². The maximum Gasteiger partial charge on any atom is 0.192 e. The Morgan fingerprint density at radius 1 is 1.14 bits per heavy atom. The van der Waals surface area contributed by atoms with Crippen LogP contribution in [0.4, 0.5) is 0 Å². The van der Waals surface area contributed by atoms with E-state index in [4.69, 9.17) is 11.6 Å². The molecule has 5 heteroatoms. The van der Waals surface area contributed by atoms with E-state index in [1.165, 1.54) is 17.3 Å². The molecule has 1 aromatic carbocycles. The molecule has 0 radical (unpaired) electrons. The number of hydrogen-bond acceptors (Lipinski definition) is 4. The third kappa shape index (κ3) is 4.19. The predicted molar refractivity (Wildman–Crippen MR) is 89.2 cm³/mol. The van der Waals surface area contributed by atoms with Gasteiger partial charge in [0.15, 0.2) is 5.16 Å². The fraction of sp³-hybridized carbons (Fsp3) is 0.375. The number of hydrogen-bond donors (Lipinski definition) is 1. The van der Waals surface area contributed by atoms with Crippen LogP contribution >= 0.6 is 23.4 Å². The molecule has 0 unspecified atom stereocenters. The van der Waals surface area contributed by atoms with E-state index in [1.54, 1.807) is 0 Å². The van der Waals surface area contributed by atoms with Crippen molar-refractivity contribution in [2.24, 2.45) is 0 Å². The molecule has 2 rings (SSSR count). The Morgan fingerprint density at radius 3 is 2.38 bits per heavy atom. The lowest BCUT2D eigenvalue weighted by Crippen LogP contribution is -2.11. The molecule has 0 fully saturated rings. The molecule has 0 aliphatic heterocycles. The van der Waals surface area contributed by atoms with Gasteiger partial charge in [0.1, 0.15) is 0 Å². The fourth-order valence-electron chi connectivity index (χ4n) is 1.89. The molecule has 0 spiro atoms. The number of benzene rings is 1. The number of aryl methyl sites for hydroxylation is 2. The van der Waals surface area contributed by atoms with Gasteiger partial charge in [-0.05, 0) is 62.3 Å². The lowest BCUT2D eigenvalue weighted by molar-refractivity contribution is 0.726. The summed E-state index contributed by atoms with van der Waals surface area (Å²) < 4.78 is 0. The molecule has 0 aliphatic carbocycles. The molecule has 1 N–H and O–H groups in total. The molecule has 0 amide bonds. The summed E-state index contributed by atoms with van der Waals surface area (Å²) in [5.41, 5.74) is 4.37. The molecule has 0 atom stereocenters. The summed E-state index contributed by atoms with van der Waals surface area (Å²) in [4.78, 5) is 10.0. The van der Waals surface area contributed by atoms with Gasteiger partial charge in [0, 0.05) is 22.8 Å². The second kappa shape index (κ2) is 7.25. The Labute approximate surface area is 135 Å². The summed E-state index contributed by atoms with van der Waals surface area (Å²) >= 11 is 7.87. The van der Waals surface area contributed by atoms with E-state index in [0.29, 0.717) is 0 Å². The van der Waals surface area contributed by atoms with Crippen molar-refractivity contribution in [2.45, 2.75) is 44.3 Å². The summed E-state index contributed by atoms with van der Waals surface area (Å²) in [6, 6.07) is 6.12. The topological polar surface area (TPSA) is 37.8 Å². The maximum atomic E-state index is 6.36. The first-order valence-corrected chi connectivity index (χ1v) is 8.19. The maximum absolute atomic E-state index is 6.36. The summed E-state index contributed by atoms with van der Waals surface area (Å²) in [5, 5.41) is 4.78. The normalized spacial score (nSPS) is 10.9. The van der Waals surface area contributed by atoms with Crippen LogP contribution in [-0.4, -0.2) is 16.5 Å². The summed E-state index contributed by atoms with van der Waals surface area (Å²) in [7, 11) is 0. The van der Waals surface area contributed by atoms with Gasteiger partial charge in [-0.25, -0.2) is 9.97 Å². The Kier molecular flexibility index (Phi) is 5.62. The third-order valence-corrected chi connectivity index (χ3v) is 4.75. The van der Waals surface area contributed by atoms with E-state index in [0.717, 1.165) is 45.1 Å². The van der Waals surface area contributed by atoms with Gasteiger partial charge in [0.25, 0.3) is 0 Å². The minimum Gasteiger partial charge on any atom is -0.313 e. The smallest absolute Gasteiger partial charge is 0.192 e. The van der Waals surface area contributed by atoms with Crippen LogP contribution in [0.15, 0.2) is 28.3 Å². The second-order valence-electron chi connectivity index (χ2n) is 4.95. The average molecular weight is 322 g/mol. The Hall–Kier alpha value is -1.10. The van der Waals surface area contributed by atoms with Crippen molar-refractivity contribution in [3.8, 4) is 0 Å². The molecule has 3 nitrogen and oxygen atoms in total. The van der Waals surface area contributed by atoms with Crippen molar-refractivity contribution in [1.29, 1.82) is 0 Å². The van der Waals surface area contributed by atoms with E-state index < -0.39 is 0 Å². The predicted octanol–water partition coefficient (Wildman–Crippen LogP) is 4.32. The minimum atomic E-state index is 0.745. The van der Waals surface area contributed by atoms with Gasteiger partial charge < -0.3 is 5.32 Å². The van der Waals surface area contributed by atoms with E-state index in [2.05, 4.69) is 28.3 Å². The zero-order valence-corrected chi connectivity index (χ0v) is 14.4. The second-order valence-corrected chi connectivity index (χ2v) is 6.37. The molecular formula is C16H20ClN3S. The Morgan fingerprint density at radius 2 is 1.81 bits per heavy atom. The van der Waals surface area contributed by atoms with Crippen molar-refractivity contribution in [3.05, 3.63) is 45.7 Å². The highest BCUT2D eigenvalue weighted by molar-refractivity contribution is 7.99. The number of rotatable bonds is 5. The van der Waals surface area contributed by atoms with Crippen molar-refractivity contribution in [1.82, 2.24) is 15.3 Å². The number of halogens is 1. The van der Waals surface area contributed by atoms with Gasteiger partial charge in [0.05, 0.1) is 5.02 Å². The van der Waals surface area contributed by atoms with Gasteiger partial charge in [-0.3, -0.25) is 0 Å². The van der Waals surface area contributed by atoms with E-state index >= 15 is 0 Å². The standard InChI is InChI=1S/C16H20ClN3S/c1-5-18-9-13-6-7-15(14(17)8-13)21-16-19-11(3)10(2)12(4)20-16/h6-8,18H,5,9H2,1-4H3. The van der Waals surface area contributed by atoms with Crippen LogP contribution < -0.4 is 5.32 Å². The van der Waals surface area contributed by atoms with Crippen LogP contribution in [0.1, 0.15) is 29.4 Å². The van der Waals surface area contributed by atoms with Gasteiger partial charge in [-0.15, -0.1) is 0 Å². The highest BCUT2D eigenvalue weighted by Crippen LogP contribution is 2.32. The Bertz CT molecular complexity index is 620. The number of aromatic nitrogens is 2. The lowest BCUT2D eigenvalue weighted by atomic mass is 10.2. The van der Waals surface area contributed by atoms with Crippen LogP contribution in [-0.2, 0) is 6.54 Å². The molecule has 112 valence electrons. The number of nitrogens with zero attached hydrogens (tertiary/aromatic N) is 2. The average Bonchev–Trinajstić information content (AvgIpc) is 2.45. The first-order chi connectivity index (χ1) is 10.0. The van der Waals surface area contributed by atoms with Crippen LogP contribution in [0.25, 0.3) is 0 Å². The third-order valence-electron chi connectivity index (χ3n) is 3.39. The molecule has 1 heterocycles. The van der Waals surface area contributed by atoms with Gasteiger partial charge in [-0.1, -0.05) is 24.6 Å². The molecule has 0 saturated heterocycles. The van der Waals surface area contributed by atoms with Gasteiger partial charge in [0.2, 0.25) is 0 Å². The van der Waals surface area contributed by atoms with Crippen LogP contribution in [0, 0.1) is 20.8 Å². The molecule has 21 heavy (non-hydrogen) atoms.